The Balaban J connectivity index is 1.98. The zero-order chi connectivity index (χ0) is 17.7. The summed E-state index contributed by atoms with van der Waals surface area (Å²) in [6, 6.07) is 4.07. The highest BCUT2D eigenvalue weighted by molar-refractivity contribution is 5.89. The maximum absolute atomic E-state index is 14.2. The fourth-order valence-corrected chi connectivity index (χ4v) is 2.86. The second kappa shape index (κ2) is 7.83. The van der Waals surface area contributed by atoms with Crippen LogP contribution in [0.15, 0.2) is 18.2 Å². The van der Waals surface area contributed by atoms with E-state index in [4.69, 9.17) is 4.74 Å². The molecular weight excluding hydrogens is 311 g/mol. The highest BCUT2D eigenvalue weighted by Crippen LogP contribution is 2.27. The highest BCUT2D eigenvalue weighted by Gasteiger charge is 2.22. The van der Waals surface area contributed by atoms with Gasteiger partial charge in [0.15, 0.2) is 11.6 Å². The highest BCUT2D eigenvalue weighted by atomic mass is 19.1. The summed E-state index contributed by atoms with van der Waals surface area (Å²) in [4.78, 5) is 13.7. The fraction of sp³-hybridized carbons (Fsp3) is 0.611. The number of hydrogen-bond acceptors (Lipinski definition) is 3. The van der Waals surface area contributed by atoms with Gasteiger partial charge in [0.2, 0.25) is 0 Å². The number of benzene rings is 1. The molecule has 2 amide bonds. The van der Waals surface area contributed by atoms with E-state index in [1.165, 1.54) is 11.0 Å². The van der Waals surface area contributed by atoms with Gasteiger partial charge in [0.1, 0.15) is 0 Å². The minimum absolute atomic E-state index is 0.0855. The Hall–Kier alpha value is -1.82. The molecule has 0 bridgehead atoms. The minimum atomic E-state index is -0.989. The number of carbonyl (C=O) groups is 1. The number of nitrogens with zero attached hydrogens (tertiary/aromatic N) is 1. The summed E-state index contributed by atoms with van der Waals surface area (Å²) in [5, 5.41) is 12.5. The van der Waals surface area contributed by atoms with Crippen molar-refractivity contribution < 1.29 is 19.0 Å². The number of likely N-dealkylation sites (N-methyl/N-ethyl adjacent to an activating group) is 1. The fourth-order valence-electron chi connectivity index (χ4n) is 2.86. The van der Waals surface area contributed by atoms with Crippen molar-refractivity contribution in [1.29, 1.82) is 0 Å². The first kappa shape index (κ1) is 18.5. The largest absolute Gasteiger partial charge is 0.487 e. The second-order valence-electron chi connectivity index (χ2n) is 6.93. The summed E-state index contributed by atoms with van der Waals surface area (Å²) in [7, 11) is 0. The molecule has 0 saturated heterocycles. The number of carbonyl (C=O) groups excluding carboxylic acids is 1. The molecule has 0 unspecified atom stereocenters. The van der Waals surface area contributed by atoms with E-state index >= 15 is 0 Å². The van der Waals surface area contributed by atoms with Gasteiger partial charge in [-0.1, -0.05) is 0 Å². The summed E-state index contributed by atoms with van der Waals surface area (Å²) in [6.45, 7) is 5.74. The van der Waals surface area contributed by atoms with E-state index < -0.39 is 11.4 Å². The number of rotatable bonds is 6. The second-order valence-corrected chi connectivity index (χ2v) is 6.93. The Morgan fingerprint density at radius 3 is 2.62 bits per heavy atom. The molecule has 1 aromatic rings. The van der Waals surface area contributed by atoms with E-state index in [0.29, 0.717) is 12.2 Å². The minimum Gasteiger partial charge on any atom is -0.487 e. The van der Waals surface area contributed by atoms with E-state index in [1.54, 1.807) is 26.0 Å². The lowest BCUT2D eigenvalue weighted by Crippen LogP contribution is -2.44. The van der Waals surface area contributed by atoms with Gasteiger partial charge in [0.25, 0.3) is 0 Å². The third kappa shape index (κ3) is 5.37. The van der Waals surface area contributed by atoms with Crippen LogP contribution in [-0.2, 0) is 0 Å². The number of hydrogen-bond donors (Lipinski definition) is 2. The quantitative estimate of drug-likeness (QED) is 0.830. The lowest BCUT2D eigenvalue weighted by atomic mass is 10.1. The summed E-state index contributed by atoms with van der Waals surface area (Å²) >= 11 is 0. The molecule has 0 aromatic heterocycles. The number of aliphatic hydroxyl groups is 1. The lowest BCUT2D eigenvalue weighted by molar-refractivity contribution is 0.0501. The zero-order valence-corrected chi connectivity index (χ0v) is 14.6. The number of urea groups is 1. The maximum Gasteiger partial charge on any atom is 0.321 e. The predicted octanol–water partition coefficient (Wildman–Crippen LogP) is 3.77. The molecule has 1 fully saturated rings. The maximum atomic E-state index is 14.2. The van der Waals surface area contributed by atoms with Crippen LogP contribution in [0.5, 0.6) is 5.75 Å². The van der Waals surface area contributed by atoms with Crippen LogP contribution in [0, 0.1) is 5.82 Å². The standard InChI is InChI=1S/C18H27FN2O3/c1-4-21(12-18(2,3)23)17(22)20-13-9-10-16(15(19)11-13)24-14-7-5-6-8-14/h9-11,14,23H,4-8,12H2,1-3H3,(H,20,22). The van der Waals surface area contributed by atoms with Crippen molar-refractivity contribution in [3.05, 3.63) is 24.0 Å². The smallest absolute Gasteiger partial charge is 0.321 e. The summed E-state index contributed by atoms with van der Waals surface area (Å²) < 4.78 is 19.8. The van der Waals surface area contributed by atoms with Gasteiger partial charge in [-0.3, -0.25) is 0 Å². The van der Waals surface area contributed by atoms with Crippen molar-refractivity contribution in [2.45, 2.75) is 58.2 Å². The summed E-state index contributed by atoms with van der Waals surface area (Å²) in [5.41, 5.74) is -0.622. The molecule has 1 aliphatic carbocycles. The third-order valence-corrected chi connectivity index (χ3v) is 4.03. The van der Waals surface area contributed by atoms with Crippen LogP contribution in [0.2, 0.25) is 0 Å². The van der Waals surface area contributed by atoms with E-state index in [2.05, 4.69) is 5.32 Å². The van der Waals surface area contributed by atoms with Crippen LogP contribution in [0.1, 0.15) is 46.5 Å². The Bertz CT molecular complexity index is 566. The van der Waals surface area contributed by atoms with Crippen LogP contribution in [-0.4, -0.2) is 40.8 Å². The molecule has 134 valence electrons. The van der Waals surface area contributed by atoms with Crippen LogP contribution < -0.4 is 10.1 Å². The first-order valence-corrected chi connectivity index (χ1v) is 8.53. The van der Waals surface area contributed by atoms with E-state index in [-0.39, 0.29) is 24.4 Å². The van der Waals surface area contributed by atoms with Crippen molar-refractivity contribution >= 4 is 11.7 Å². The number of amides is 2. The monoisotopic (exact) mass is 338 g/mol. The van der Waals surface area contributed by atoms with Gasteiger partial charge < -0.3 is 20.1 Å². The SMILES string of the molecule is CCN(CC(C)(C)O)C(=O)Nc1ccc(OC2CCCC2)c(F)c1. The molecule has 0 radical (unpaired) electrons. The van der Waals surface area contributed by atoms with Crippen LogP contribution in [0.4, 0.5) is 14.9 Å². The molecule has 1 aromatic carbocycles. The predicted molar refractivity (Wildman–Crippen MR) is 91.8 cm³/mol. The lowest BCUT2D eigenvalue weighted by Gasteiger charge is -2.28. The average molecular weight is 338 g/mol. The summed E-state index contributed by atoms with van der Waals surface area (Å²) in [5.74, 6) is -0.256. The Kier molecular flexibility index (Phi) is 6.04. The van der Waals surface area contributed by atoms with Crippen LogP contribution >= 0.6 is 0 Å². The number of nitrogens with one attached hydrogen (secondary N) is 1. The van der Waals surface area contributed by atoms with Gasteiger partial charge in [-0.05, 0) is 58.6 Å². The van der Waals surface area contributed by atoms with Crippen molar-refractivity contribution in [3.63, 3.8) is 0 Å². The van der Waals surface area contributed by atoms with Crippen molar-refractivity contribution in [1.82, 2.24) is 4.90 Å². The first-order chi connectivity index (χ1) is 11.3. The molecule has 2 N–H and O–H groups in total. The molecule has 0 aliphatic heterocycles. The van der Waals surface area contributed by atoms with Crippen LogP contribution in [0.25, 0.3) is 0 Å². The van der Waals surface area contributed by atoms with Crippen molar-refractivity contribution in [3.8, 4) is 5.75 Å². The van der Waals surface area contributed by atoms with Crippen molar-refractivity contribution in [2.75, 3.05) is 18.4 Å². The number of ether oxygens (including phenoxy) is 1. The number of halogens is 1. The normalized spacial score (nSPS) is 15.4. The Morgan fingerprint density at radius 1 is 1.42 bits per heavy atom. The van der Waals surface area contributed by atoms with E-state index in [0.717, 1.165) is 25.7 Å². The van der Waals surface area contributed by atoms with Crippen molar-refractivity contribution in [2.24, 2.45) is 0 Å². The van der Waals surface area contributed by atoms with Crippen LogP contribution in [0.3, 0.4) is 0 Å². The van der Waals surface area contributed by atoms with Gasteiger partial charge in [-0.15, -0.1) is 0 Å². The topological polar surface area (TPSA) is 61.8 Å². The van der Waals surface area contributed by atoms with E-state index in [9.17, 15) is 14.3 Å². The first-order valence-electron chi connectivity index (χ1n) is 8.53. The molecule has 1 saturated carbocycles. The average Bonchev–Trinajstić information content (AvgIpc) is 2.99. The molecule has 24 heavy (non-hydrogen) atoms. The van der Waals surface area contributed by atoms with Gasteiger partial charge >= 0.3 is 6.03 Å². The third-order valence-electron chi connectivity index (χ3n) is 4.03. The van der Waals surface area contributed by atoms with E-state index in [1.807, 2.05) is 6.92 Å². The molecule has 2 rings (SSSR count). The van der Waals surface area contributed by atoms with Gasteiger partial charge in [-0.25, -0.2) is 9.18 Å². The Morgan fingerprint density at radius 2 is 2.08 bits per heavy atom. The molecule has 0 atom stereocenters. The zero-order valence-electron chi connectivity index (χ0n) is 14.6. The molecule has 0 heterocycles. The molecular formula is C18H27FN2O3. The molecule has 1 aliphatic rings. The van der Waals surface area contributed by atoms with Gasteiger partial charge in [0.05, 0.1) is 18.2 Å². The Labute approximate surface area is 142 Å². The molecule has 5 nitrogen and oxygen atoms in total. The summed E-state index contributed by atoms with van der Waals surface area (Å²) in [6.07, 6.45) is 4.24. The molecule has 6 heteroatoms. The van der Waals surface area contributed by atoms with Gasteiger partial charge in [-0.2, -0.15) is 0 Å². The van der Waals surface area contributed by atoms with Gasteiger partial charge in [0, 0.05) is 18.3 Å². The number of anilines is 1. The molecule has 0 spiro atoms.